The molecule has 1 rings (SSSR count). The van der Waals surface area contributed by atoms with Gasteiger partial charge in [-0.25, -0.2) is 9.59 Å². The van der Waals surface area contributed by atoms with Gasteiger partial charge in [-0.1, -0.05) is 79.8 Å². The van der Waals surface area contributed by atoms with Gasteiger partial charge in [0.1, 0.15) is 12.1 Å². The molecule has 1 aromatic rings. The van der Waals surface area contributed by atoms with Crippen LogP contribution in [0.15, 0.2) is 97.4 Å². The van der Waals surface area contributed by atoms with E-state index in [4.69, 9.17) is 9.47 Å². The van der Waals surface area contributed by atoms with Gasteiger partial charge in [-0.3, -0.25) is 14.6 Å². The van der Waals surface area contributed by atoms with E-state index in [1.165, 1.54) is 39.4 Å². The Morgan fingerprint density at radius 1 is 0.778 bits per heavy atom. The number of ether oxygens (including phenoxy) is 2. The Balaban J connectivity index is 2.28. The van der Waals surface area contributed by atoms with Crippen LogP contribution >= 0.6 is 0 Å². The number of carbonyl (C=O) groups is 4. The second-order valence-electron chi connectivity index (χ2n) is 10.1. The molecule has 0 aliphatic rings. The van der Waals surface area contributed by atoms with Gasteiger partial charge in [0.2, 0.25) is 5.91 Å². The number of nitrogens with zero attached hydrogens (tertiary/aromatic N) is 1. The molecule has 0 radical (unpaired) electrons. The van der Waals surface area contributed by atoms with Crippen LogP contribution in [0.5, 0.6) is 0 Å². The largest absolute Gasteiger partial charge is 0.467 e. The monoisotopic (exact) mass is 619 g/mol. The van der Waals surface area contributed by atoms with Crippen molar-refractivity contribution in [3.05, 3.63) is 103 Å². The average Bonchev–Trinajstić information content (AvgIpc) is 3.04. The molecule has 9 nitrogen and oxygen atoms in total. The summed E-state index contributed by atoms with van der Waals surface area (Å²) in [7, 11) is 1.17. The first kappa shape index (κ1) is 38.5. The van der Waals surface area contributed by atoms with Crippen molar-refractivity contribution in [1.82, 2.24) is 15.6 Å². The zero-order valence-electron chi connectivity index (χ0n) is 27.0. The quantitative estimate of drug-likeness (QED) is 0.123. The number of amides is 2. The Labute approximate surface area is 268 Å². The Morgan fingerprint density at radius 2 is 1.31 bits per heavy atom. The zero-order valence-corrected chi connectivity index (χ0v) is 27.0. The van der Waals surface area contributed by atoms with Crippen LogP contribution in [-0.4, -0.2) is 54.0 Å². The molecule has 0 aliphatic carbocycles. The van der Waals surface area contributed by atoms with Crippen molar-refractivity contribution < 1.29 is 28.7 Å². The molecule has 2 N–H and O–H groups in total. The van der Waals surface area contributed by atoms with Crippen molar-refractivity contribution in [3.63, 3.8) is 0 Å². The first-order chi connectivity index (χ1) is 21.8. The SMILES string of the molecule is CCC=CCC=CCC=CCC=CCC=CCC=CCCC(=O)NC(C)C(=O)OC(C)C(NC(=O)c1cccnc1)C(=O)OC. The fourth-order valence-corrected chi connectivity index (χ4v) is 3.80. The van der Waals surface area contributed by atoms with Crippen LogP contribution in [0.2, 0.25) is 0 Å². The molecule has 1 heterocycles. The summed E-state index contributed by atoms with van der Waals surface area (Å²) in [5, 5.41) is 5.11. The zero-order chi connectivity index (χ0) is 33.1. The number of rotatable bonds is 21. The predicted molar refractivity (Wildman–Crippen MR) is 178 cm³/mol. The summed E-state index contributed by atoms with van der Waals surface area (Å²) in [6.45, 7) is 5.08. The molecule has 0 saturated heterocycles. The predicted octanol–water partition coefficient (Wildman–Crippen LogP) is 6.27. The minimum atomic E-state index is -1.25. The van der Waals surface area contributed by atoms with E-state index in [2.05, 4.69) is 83.3 Å². The maximum Gasteiger partial charge on any atom is 0.332 e. The summed E-state index contributed by atoms with van der Waals surface area (Å²) in [5.74, 6) is -2.40. The average molecular weight is 620 g/mol. The highest BCUT2D eigenvalue weighted by Crippen LogP contribution is 2.07. The number of methoxy groups -OCH3 is 1. The summed E-state index contributed by atoms with van der Waals surface area (Å²) in [4.78, 5) is 53.5. The van der Waals surface area contributed by atoms with Gasteiger partial charge in [-0.15, -0.1) is 0 Å². The van der Waals surface area contributed by atoms with Crippen molar-refractivity contribution in [3.8, 4) is 0 Å². The van der Waals surface area contributed by atoms with E-state index in [9.17, 15) is 19.2 Å². The fourth-order valence-electron chi connectivity index (χ4n) is 3.80. The number of esters is 2. The molecular formula is C36H49N3O6. The highest BCUT2D eigenvalue weighted by molar-refractivity contribution is 5.96. The van der Waals surface area contributed by atoms with Gasteiger partial charge in [0.25, 0.3) is 5.91 Å². The van der Waals surface area contributed by atoms with E-state index in [1.54, 1.807) is 6.07 Å². The van der Waals surface area contributed by atoms with E-state index in [-0.39, 0.29) is 17.9 Å². The number of allylic oxidation sites excluding steroid dienone is 12. The lowest BCUT2D eigenvalue weighted by molar-refractivity contribution is -0.158. The smallest absolute Gasteiger partial charge is 0.332 e. The second kappa shape index (κ2) is 24.9. The normalized spacial score (nSPS) is 14.0. The number of aromatic nitrogens is 1. The summed E-state index contributed by atoms with van der Waals surface area (Å²) in [6.07, 6.45) is 33.6. The molecule has 244 valence electrons. The lowest BCUT2D eigenvalue weighted by Crippen LogP contribution is -2.51. The number of hydrogen-bond acceptors (Lipinski definition) is 7. The number of nitrogens with one attached hydrogen (secondary N) is 2. The summed E-state index contributed by atoms with van der Waals surface area (Å²) in [5.41, 5.74) is 0.234. The van der Waals surface area contributed by atoms with Crippen LogP contribution in [0.3, 0.4) is 0 Å². The molecule has 9 heteroatoms. The molecule has 0 spiro atoms. The minimum absolute atomic E-state index is 0.210. The second-order valence-corrected chi connectivity index (χ2v) is 10.1. The third kappa shape index (κ3) is 18.7. The standard InChI is InChI=1S/C36H49N3O6/c1-5-6-7-8-9-10-11-12-13-14-15-16-17-18-19-20-21-22-23-26-32(40)38-29(2)35(42)45-30(3)33(36(43)44-4)39-34(41)31-25-24-27-37-28-31/h6-7,9-10,12-13,15-16,18-19,21-22,24-25,27-30,33H,5,8,11,14,17,20,23,26H2,1-4H3,(H,38,40)(H,39,41). The van der Waals surface area contributed by atoms with Crippen LogP contribution in [0.4, 0.5) is 0 Å². The molecular weight excluding hydrogens is 570 g/mol. The van der Waals surface area contributed by atoms with Gasteiger partial charge in [0.15, 0.2) is 6.04 Å². The third-order valence-corrected chi connectivity index (χ3v) is 6.30. The molecule has 0 aliphatic heterocycles. The van der Waals surface area contributed by atoms with Gasteiger partial charge in [0, 0.05) is 18.8 Å². The lowest BCUT2D eigenvalue weighted by atomic mass is 10.1. The lowest BCUT2D eigenvalue weighted by Gasteiger charge is -2.24. The molecule has 2 amide bonds. The highest BCUT2D eigenvalue weighted by Gasteiger charge is 2.32. The molecule has 0 aromatic carbocycles. The molecule has 0 saturated carbocycles. The van der Waals surface area contributed by atoms with Crippen molar-refractivity contribution in [2.24, 2.45) is 0 Å². The molecule has 0 fully saturated rings. The van der Waals surface area contributed by atoms with E-state index in [0.717, 1.165) is 38.5 Å². The van der Waals surface area contributed by atoms with Crippen LogP contribution in [-0.2, 0) is 23.9 Å². The molecule has 3 atom stereocenters. The van der Waals surface area contributed by atoms with Crippen molar-refractivity contribution >= 4 is 23.8 Å². The maximum absolute atomic E-state index is 12.6. The van der Waals surface area contributed by atoms with Crippen LogP contribution in [0.1, 0.15) is 82.5 Å². The van der Waals surface area contributed by atoms with Crippen molar-refractivity contribution in [2.75, 3.05) is 7.11 Å². The Kier molecular flexibility index (Phi) is 21.3. The number of carbonyl (C=O) groups excluding carboxylic acids is 4. The first-order valence-electron chi connectivity index (χ1n) is 15.5. The number of pyridine rings is 1. The van der Waals surface area contributed by atoms with Crippen molar-refractivity contribution in [2.45, 2.75) is 90.3 Å². The summed E-state index contributed by atoms with van der Waals surface area (Å²) >= 11 is 0. The minimum Gasteiger partial charge on any atom is -0.467 e. The first-order valence-corrected chi connectivity index (χ1v) is 15.5. The summed E-state index contributed by atoms with van der Waals surface area (Å²) < 4.78 is 10.1. The molecule has 45 heavy (non-hydrogen) atoms. The van der Waals surface area contributed by atoms with E-state index in [0.29, 0.717) is 6.42 Å². The molecule has 3 unspecified atom stereocenters. The van der Waals surface area contributed by atoms with Crippen LogP contribution in [0.25, 0.3) is 0 Å². The third-order valence-electron chi connectivity index (χ3n) is 6.30. The Hall–Kier alpha value is -4.53. The molecule has 1 aromatic heterocycles. The van der Waals surface area contributed by atoms with E-state index >= 15 is 0 Å². The van der Waals surface area contributed by atoms with Gasteiger partial charge >= 0.3 is 11.9 Å². The molecule has 0 bridgehead atoms. The van der Waals surface area contributed by atoms with E-state index < -0.39 is 36.0 Å². The fraction of sp³-hybridized carbons (Fsp3) is 0.417. The van der Waals surface area contributed by atoms with Gasteiger partial charge in [-0.2, -0.15) is 0 Å². The number of hydrogen-bond donors (Lipinski definition) is 2. The van der Waals surface area contributed by atoms with Crippen LogP contribution < -0.4 is 10.6 Å². The summed E-state index contributed by atoms with van der Waals surface area (Å²) in [6, 6.07) is 0.920. The topological polar surface area (TPSA) is 124 Å². The van der Waals surface area contributed by atoms with E-state index in [1.807, 2.05) is 12.2 Å². The highest BCUT2D eigenvalue weighted by atomic mass is 16.6. The van der Waals surface area contributed by atoms with Gasteiger partial charge in [0.05, 0.1) is 12.7 Å². The van der Waals surface area contributed by atoms with Gasteiger partial charge in [-0.05, 0) is 70.9 Å². The Bertz CT molecular complexity index is 1200. The van der Waals surface area contributed by atoms with Gasteiger partial charge < -0.3 is 20.1 Å². The van der Waals surface area contributed by atoms with Crippen LogP contribution in [0, 0.1) is 0 Å². The maximum atomic E-state index is 12.6. The van der Waals surface area contributed by atoms with Crippen molar-refractivity contribution in [1.29, 1.82) is 0 Å². The Morgan fingerprint density at radius 3 is 1.80 bits per heavy atom.